The average Bonchev–Trinajstić information content (AvgIpc) is 2.08. The summed E-state index contributed by atoms with van der Waals surface area (Å²) in [6.45, 7) is 3.29. The molecule has 0 aliphatic carbocycles. The van der Waals surface area contributed by atoms with Gasteiger partial charge in [-0.3, -0.25) is 4.79 Å². The van der Waals surface area contributed by atoms with Crippen molar-refractivity contribution in [3.8, 4) is 11.5 Å². The van der Waals surface area contributed by atoms with Crippen molar-refractivity contribution >= 4 is 21.9 Å². The van der Waals surface area contributed by atoms with Gasteiger partial charge >= 0.3 is 5.97 Å². The molecule has 0 amide bonds. The minimum absolute atomic E-state index is 0.368. The molecule has 0 atom stereocenters. The van der Waals surface area contributed by atoms with Crippen molar-refractivity contribution in [1.29, 1.82) is 0 Å². The zero-order chi connectivity index (χ0) is 10.7. The predicted molar refractivity (Wildman–Crippen MR) is 56.7 cm³/mol. The first-order valence-electron chi connectivity index (χ1n) is 4.07. The Labute approximate surface area is 91.1 Å². The Morgan fingerprint density at radius 1 is 1.43 bits per heavy atom. The van der Waals surface area contributed by atoms with Gasteiger partial charge in [0.05, 0.1) is 11.6 Å². The summed E-state index contributed by atoms with van der Waals surface area (Å²) in [5, 5.41) is 0. The Morgan fingerprint density at radius 2 is 2.07 bits per heavy atom. The van der Waals surface area contributed by atoms with E-state index in [9.17, 15) is 4.79 Å². The molecule has 0 aliphatic rings. The van der Waals surface area contributed by atoms with Crippen LogP contribution in [0.1, 0.15) is 12.5 Å². The molecule has 0 aliphatic heterocycles. The van der Waals surface area contributed by atoms with Crippen LogP contribution in [0.25, 0.3) is 0 Å². The van der Waals surface area contributed by atoms with Crippen molar-refractivity contribution in [3.05, 3.63) is 22.2 Å². The molecule has 14 heavy (non-hydrogen) atoms. The highest BCUT2D eigenvalue weighted by Crippen LogP contribution is 2.36. The predicted octanol–water partition coefficient (Wildman–Crippen LogP) is 2.69. The quantitative estimate of drug-likeness (QED) is 0.605. The maximum Gasteiger partial charge on any atom is 0.308 e. The Morgan fingerprint density at radius 3 is 2.57 bits per heavy atom. The fraction of sp³-hybridized carbons (Fsp3) is 0.300. The van der Waals surface area contributed by atoms with Crippen LogP contribution in [0.2, 0.25) is 0 Å². The second-order valence-electron chi connectivity index (χ2n) is 2.87. The molecule has 0 radical (unpaired) electrons. The van der Waals surface area contributed by atoms with Crippen molar-refractivity contribution in [2.75, 3.05) is 7.11 Å². The monoisotopic (exact) mass is 258 g/mol. The zero-order valence-corrected chi connectivity index (χ0v) is 9.84. The van der Waals surface area contributed by atoms with Crippen LogP contribution in [0.3, 0.4) is 0 Å². The Balaban J connectivity index is 3.18. The largest absolute Gasteiger partial charge is 0.493 e. The number of hydrogen-bond acceptors (Lipinski definition) is 3. The van der Waals surface area contributed by atoms with Crippen LogP contribution >= 0.6 is 15.9 Å². The summed E-state index contributed by atoms with van der Waals surface area (Å²) in [5.74, 6) is 0.602. The number of aryl methyl sites for hydroxylation is 1. The topological polar surface area (TPSA) is 35.5 Å². The molecule has 0 saturated heterocycles. The molecular weight excluding hydrogens is 248 g/mol. The summed E-state index contributed by atoms with van der Waals surface area (Å²) < 4.78 is 10.8. The van der Waals surface area contributed by atoms with Crippen LogP contribution in [-0.2, 0) is 4.79 Å². The molecule has 76 valence electrons. The summed E-state index contributed by atoms with van der Waals surface area (Å²) in [4.78, 5) is 10.8. The second-order valence-corrected chi connectivity index (χ2v) is 3.73. The van der Waals surface area contributed by atoms with E-state index in [0.717, 1.165) is 5.56 Å². The summed E-state index contributed by atoms with van der Waals surface area (Å²) in [5.41, 5.74) is 1.03. The lowest BCUT2D eigenvalue weighted by Crippen LogP contribution is -2.03. The molecule has 3 nitrogen and oxygen atoms in total. The molecule has 1 rings (SSSR count). The third-order valence-electron chi connectivity index (χ3n) is 1.62. The number of methoxy groups -OCH3 is 1. The van der Waals surface area contributed by atoms with Gasteiger partial charge in [-0.05, 0) is 40.5 Å². The van der Waals surface area contributed by atoms with Crippen molar-refractivity contribution in [1.82, 2.24) is 0 Å². The van der Waals surface area contributed by atoms with Gasteiger partial charge in [0.15, 0.2) is 11.5 Å². The molecule has 4 heteroatoms. The lowest BCUT2D eigenvalue weighted by molar-refractivity contribution is -0.132. The normalized spacial score (nSPS) is 9.71. The highest BCUT2D eigenvalue weighted by Gasteiger charge is 2.11. The van der Waals surface area contributed by atoms with E-state index in [1.165, 1.54) is 14.0 Å². The fourth-order valence-corrected chi connectivity index (χ4v) is 1.73. The molecule has 0 unspecified atom stereocenters. The van der Waals surface area contributed by atoms with Crippen molar-refractivity contribution in [3.63, 3.8) is 0 Å². The molecule has 0 fully saturated rings. The number of carbonyl (C=O) groups is 1. The summed E-state index contributed by atoms with van der Waals surface area (Å²) in [6.07, 6.45) is 0. The minimum atomic E-state index is -0.368. The van der Waals surface area contributed by atoms with Gasteiger partial charge in [0, 0.05) is 6.92 Å². The van der Waals surface area contributed by atoms with Gasteiger partial charge < -0.3 is 9.47 Å². The number of halogens is 1. The first-order chi connectivity index (χ1) is 6.54. The lowest BCUT2D eigenvalue weighted by atomic mass is 10.2. The van der Waals surface area contributed by atoms with Crippen LogP contribution in [0.15, 0.2) is 16.6 Å². The van der Waals surface area contributed by atoms with E-state index in [0.29, 0.717) is 16.0 Å². The second kappa shape index (κ2) is 4.46. The standard InChI is InChI=1S/C10H11BrO3/c1-6-4-8(11)10(14-7(2)12)9(5-6)13-3/h4-5H,1-3H3. The van der Waals surface area contributed by atoms with E-state index in [1.54, 1.807) is 0 Å². The zero-order valence-electron chi connectivity index (χ0n) is 8.26. The van der Waals surface area contributed by atoms with Gasteiger partial charge in [0.25, 0.3) is 0 Å². The van der Waals surface area contributed by atoms with E-state index in [2.05, 4.69) is 15.9 Å². The van der Waals surface area contributed by atoms with E-state index in [1.807, 2.05) is 19.1 Å². The van der Waals surface area contributed by atoms with Crippen LogP contribution in [-0.4, -0.2) is 13.1 Å². The van der Waals surface area contributed by atoms with Crippen molar-refractivity contribution in [2.24, 2.45) is 0 Å². The molecule has 0 saturated carbocycles. The molecule has 0 heterocycles. The van der Waals surface area contributed by atoms with Gasteiger partial charge in [-0.15, -0.1) is 0 Å². The van der Waals surface area contributed by atoms with Crippen LogP contribution < -0.4 is 9.47 Å². The van der Waals surface area contributed by atoms with Crippen LogP contribution in [0.5, 0.6) is 11.5 Å². The highest BCUT2D eigenvalue weighted by atomic mass is 79.9. The summed E-state index contributed by atoms with van der Waals surface area (Å²) in [7, 11) is 1.54. The average molecular weight is 259 g/mol. The molecule has 0 aromatic heterocycles. The van der Waals surface area contributed by atoms with Crippen molar-refractivity contribution in [2.45, 2.75) is 13.8 Å². The van der Waals surface area contributed by atoms with Gasteiger partial charge in [0.2, 0.25) is 0 Å². The minimum Gasteiger partial charge on any atom is -0.493 e. The van der Waals surface area contributed by atoms with Gasteiger partial charge in [0.1, 0.15) is 0 Å². The fourth-order valence-electron chi connectivity index (χ4n) is 1.09. The first-order valence-corrected chi connectivity index (χ1v) is 4.86. The molecule has 0 N–H and O–H groups in total. The van der Waals surface area contributed by atoms with Crippen LogP contribution in [0, 0.1) is 6.92 Å². The van der Waals surface area contributed by atoms with Gasteiger partial charge in [-0.2, -0.15) is 0 Å². The third-order valence-corrected chi connectivity index (χ3v) is 2.21. The Kier molecular flexibility index (Phi) is 3.52. The van der Waals surface area contributed by atoms with E-state index in [-0.39, 0.29) is 5.97 Å². The maximum atomic E-state index is 10.8. The lowest BCUT2D eigenvalue weighted by Gasteiger charge is -2.10. The first kappa shape index (κ1) is 11.0. The third kappa shape index (κ3) is 2.48. The van der Waals surface area contributed by atoms with E-state index in [4.69, 9.17) is 9.47 Å². The molecule has 0 spiro atoms. The molecular formula is C10H11BrO3. The van der Waals surface area contributed by atoms with Crippen molar-refractivity contribution < 1.29 is 14.3 Å². The number of rotatable bonds is 2. The van der Waals surface area contributed by atoms with Gasteiger partial charge in [-0.1, -0.05) is 0 Å². The Bertz CT molecular complexity index is 361. The number of ether oxygens (including phenoxy) is 2. The summed E-state index contributed by atoms with van der Waals surface area (Å²) >= 11 is 3.31. The number of carbonyl (C=O) groups excluding carboxylic acids is 1. The van der Waals surface area contributed by atoms with E-state index < -0.39 is 0 Å². The van der Waals surface area contributed by atoms with Crippen LogP contribution in [0.4, 0.5) is 0 Å². The molecule has 0 bridgehead atoms. The van der Waals surface area contributed by atoms with E-state index >= 15 is 0 Å². The maximum absolute atomic E-state index is 10.8. The summed E-state index contributed by atoms with van der Waals surface area (Å²) in [6, 6.07) is 3.67. The molecule has 1 aromatic carbocycles. The molecule has 1 aromatic rings. The Hall–Kier alpha value is -1.03. The number of esters is 1. The smallest absolute Gasteiger partial charge is 0.308 e. The SMILES string of the molecule is COc1cc(C)cc(Br)c1OC(C)=O. The highest BCUT2D eigenvalue weighted by molar-refractivity contribution is 9.10. The number of hydrogen-bond donors (Lipinski definition) is 0. The number of benzene rings is 1. The van der Waals surface area contributed by atoms with Gasteiger partial charge in [-0.25, -0.2) is 0 Å².